The number of anilines is 1. The minimum atomic E-state index is 0.714. The highest BCUT2D eigenvalue weighted by Gasteiger charge is 1.96. The van der Waals surface area contributed by atoms with Crippen molar-refractivity contribution in [1.29, 1.82) is 0 Å². The molecule has 0 atom stereocenters. The molecule has 0 radical (unpaired) electrons. The molecule has 0 fully saturated rings. The normalized spacial score (nSPS) is 10.5. The average Bonchev–Trinajstić information content (AvgIpc) is 2.37. The van der Waals surface area contributed by atoms with Crippen LogP contribution in [0.15, 0.2) is 12.4 Å². The van der Waals surface area contributed by atoms with Crippen LogP contribution >= 0.6 is 0 Å². The van der Waals surface area contributed by atoms with Gasteiger partial charge in [-0.05, 0) is 33.0 Å². The lowest BCUT2D eigenvalue weighted by Crippen LogP contribution is -2.19. The van der Waals surface area contributed by atoms with Gasteiger partial charge in [0.25, 0.3) is 0 Å². The Morgan fingerprint density at radius 1 is 1.12 bits per heavy atom. The van der Waals surface area contributed by atoms with Crippen LogP contribution in [0.1, 0.15) is 25.3 Å². The maximum atomic E-state index is 4.26. The van der Waals surface area contributed by atoms with Gasteiger partial charge in [0.1, 0.15) is 0 Å². The molecule has 5 nitrogen and oxygen atoms in total. The molecule has 1 heterocycles. The summed E-state index contributed by atoms with van der Waals surface area (Å²) in [4.78, 5) is 8.51. The van der Waals surface area contributed by atoms with Crippen LogP contribution in [0, 0.1) is 0 Å². The molecule has 1 rings (SSSR count). The van der Waals surface area contributed by atoms with Crippen molar-refractivity contribution in [3.63, 3.8) is 0 Å². The summed E-state index contributed by atoms with van der Waals surface area (Å²) in [5.41, 5.74) is 1.12. The summed E-state index contributed by atoms with van der Waals surface area (Å²) in [6.07, 6.45) is 5.96. The standard InChI is InChI=1S/C12H23N5/c1-3-5-15-12-16-9-11(10-17-12)8-14-7-4-6-13-2/h9-10,13-14H,3-8H2,1-2H3,(H,15,16,17). The Hall–Kier alpha value is -1.20. The fraction of sp³-hybridized carbons (Fsp3) is 0.667. The lowest BCUT2D eigenvalue weighted by atomic mass is 10.3. The minimum absolute atomic E-state index is 0.714. The number of hydrogen-bond donors (Lipinski definition) is 3. The summed E-state index contributed by atoms with van der Waals surface area (Å²) in [5.74, 6) is 0.714. The quantitative estimate of drug-likeness (QED) is 0.559. The highest BCUT2D eigenvalue weighted by Crippen LogP contribution is 1.99. The Kier molecular flexibility index (Phi) is 7.25. The third-order valence-corrected chi connectivity index (χ3v) is 2.35. The van der Waals surface area contributed by atoms with E-state index in [9.17, 15) is 0 Å². The third kappa shape index (κ3) is 6.19. The summed E-state index contributed by atoms with van der Waals surface area (Å²) in [6, 6.07) is 0. The number of nitrogens with zero attached hydrogens (tertiary/aromatic N) is 2. The first kappa shape index (κ1) is 13.9. The van der Waals surface area contributed by atoms with Gasteiger partial charge < -0.3 is 16.0 Å². The molecule has 96 valence electrons. The van der Waals surface area contributed by atoms with Crippen LogP contribution in [0.2, 0.25) is 0 Å². The third-order valence-electron chi connectivity index (χ3n) is 2.35. The van der Waals surface area contributed by atoms with Crippen molar-refractivity contribution >= 4 is 5.95 Å². The topological polar surface area (TPSA) is 61.9 Å². The van der Waals surface area contributed by atoms with E-state index in [1.807, 2.05) is 19.4 Å². The molecular weight excluding hydrogens is 214 g/mol. The Morgan fingerprint density at radius 2 is 1.88 bits per heavy atom. The van der Waals surface area contributed by atoms with Gasteiger partial charge in [-0.3, -0.25) is 0 Å². The molecule has 0 saturated carbocycles. The summed E-state index contributed by atoms with van der Waals surface area (Å²) >= 11 is 0. The molecule has 1 aromatic heterocycles. The SMILES string of the molecule is CCCNc1ncc(CNCCCNC)cn1. The van der Waals surface area contributed by atoms with Gasteiger partial charge in [0, 0.05) is 31.0 Å². The molecule has 0 spiro atoms. The van der Waals surface area contributed by atoms with E-state index in [0.29, 0.717) is 5.95 Å². The van der Waals surface area contributed by atoms with Gasteiger partial charge in [-0.1, -0.05) is 6.92 Å². The van der Waals surface area contributed by atoms with E-state index in [4.69, 9.17) is 0 Å². The predicted molar refractivity (Wildman–Crippen MR) is 71.1 cm³/mol. The molecular formula is C12H23N5. The van der Waals surface area contributed by atoms with Crippen LogP contribution in [0.4, 0.5) is 5.95 Å². The lowest BCUT2D eigenvalue weighted by molar-refractivity contribution is 0.623. The fourth-order valence-electron chi connectivity index (χ4n) is 1.40. The minimum Gasteiger partial charge on any atom is -0.354 e. The molecule has 0 saturated heterocycles. The number of aromatic nitrogens is 2. The molecule has 0 aromatic carbocycles. The number of nitrogens with one attached hydrogen (secondary N) is 3. The van der Waals surface area contributed by atoms with E-state index in [1.165, 1.54) is 0 Å². The number of hydrogen-bond acceptors (Lipinski definition) is 5. The predicted octanol–water partition coefficient (Wildman–Crippen LogP) is 0.998. The molecule has 0 unspecified atom stereocenters. The van der Waals surface area contributed by atoms with Crippen molar-refractivity contribution in [3.05, 3.63) is 18.0 Å². The van der Waals surface area contributed by atoms with Crippen LogP contribution in [0.25, 0.3) is 0 Å². The van der Waals surface area contributed by atoms with Crippen molar-refractivity contribution in [2.45, 2.75) is 26.3 Å². The van der Waals surface area contributed by atoms with E-state index in [2.05, 4.69) is 32.8 Å². The molecule has 0 bridgehead atoms. The molecule has 3 N–H and O–H groups in total. The molecule has 17 heavy (non-hydrogen) atoms. The van der Waals surface area contributed by atoms with Crippen LogP contribution in [0.5, 0.6) is 0 Å². The Labute approximate surface area is 103 Å². The average molecular weight is 237 g/mol. The van der Waals surface area contributed by atoms with Crippen LogP contribution in [0.3, 0.4) is 0 Å². The highest BCUT2D eigenvalue weighted by atomic mass is 15.1. The zero-order valence-electron chi connectivity index (χ0n) is 10.8. The second-order valence-corrected chi connectivity index (χ2v) is 3.98. The summed E-state index contributed by atoms with van der Waals surface area (Å²) in [5, 5.41) is 9.63. The maximum Gasteiger partial charge on any atom is 0.222 e. The zero-order chi connectivity index (χ0) is 12.3. The summed E-state index contributed by atoms with van der Waals surface area (Å²) < 4.78 is 0. The Morgan fingerprint density at radius 3 is 2.53 bits per heavy atom. The fourth-order valence-corrected chi connectivity index (χ4v) is 1.40. The lowest BCUT2D eigenvalue weighted by Gasteiger charge is -2.05. The van der Waals surface area contributed by atoms with Gasteiger partial charge in [-0.15, -0.1) is 0 Å². The van der Waals surface area contributed by atoms with Crippen molar-refractivity contribution in [3.8, 4) is 0 Å². The van der Waals surface area contributed by atoms with E-state index in [0.717, 1.165) is 44.6 Å². The van der Waals surface area contributed by atoms with Gasteiger partial charge in [-0.2, -0.15) is 0 Å². The Bertz CT molecular complexity index is 285. The van der Waals surface area contributed by atoms with E-state index in [-0.39, 0.29) is 0 Å². The van der Waals surface area contributed by atoms with Gasteiger partial charge in [0.15, 0.2) is 0 Å². The number of rotatable bonds is 9. The molecule has 0 aliphatic carbocycles. The largest absolute Gasteiger partial charge is 0.354 e. The second-order valence-electron chi connectivity index (χ2n) is 3.98. The first-order chi connectivity index (χ1) is 8.36. The van der Waals surface area contributed by atoms with Crippen molar-refractivity contribution < 1.29 is 0 Å². The first-order valence-corrected chi connectivity index (χ1v) is 6.27. The van der Waals surface area contributed by atoms with E-state index < -0.39 is 0 Å². The van der Waals surface area contributed by atoms with Crippen LogP contribution in [-0.4, -0.2) is 36.6 Å². The van der Waals surface area contributed by atoms with Gasteiger partial charge in [0.2, 0.25) is 5.95 Å². The van der Waals surface area contributed by atoms with Crippen molar-refractivity contribution in [1.82, 2.24) is 20.6 Å². The zero-order valence-corrected chi connectivity index (χ0v) is 10.8. The van der Waals surface area contributed by atoms with Gasteiger partial charge in [0.05, 0.1) is 0 Å². The second kappa shape index (κ2) is 8.90. The maximum absolute atomic E-state index is 4.26. The summed E-state index contributed by atoms with van der Waals surface area (Å²) in [7, 11) is 1.97. The van der Waals surface area contributed by atoms with Crippen molar-refractivity contribution in [2.75, 3.05) is 32.0 Å². The molecule has 0 amide bonds. The molecule has 0 aliphatic heterocycles. The monoisotopic (exact) mass is 237 g/mol. The van der Waals surface area contributed by atoms with Crippen molar-refractivity contribution in [2.24, 2.45) is 0 Å². The van der Waals surface area contributed by atoms with Crippen LogP contribution < -0.4 is 16.0 Å². The summed E-state index contributed by atoms with van der Waals surface area (Å²) in [6.45, 7) is 5.93. The Balaban J connectivity index is 2.20. The van der Waals surface area contributed by atoms with Crippen LogP contribution in [-0.2, 0) is 6.54 Å². The highest BCUT2D eigenvalue weighted by molar-refractivity contribution is 5.24. The van der Waals surface area contributed by atoms with E-state index >= 15 is 0 Å². The molecule has 1 aromatic rings. The first-order valence-electron chi connectivity index (χ1n) is 6.27. The van der Waals surface area contributed by atoms with Gasteiger partial charge >= 0.3 is 0 Å². The van der Waals surface area contributed by atoms with Gasteiger partial charge in [-0.25, -0.2) is 9.97 Å². The van der Waals surface area contributed by atoms with E-state index in [1.54, 1.807) is 0 Å². The smallest absolute Gasteiger partial charge is 0.222 e. The molecule has 5 heteroatoms. The molecule has 0 aliphatic rings.